The van der Waals surface area contributed by atoms with Crippen molar-refractivity contribution in [1.82, 2.24) is 14.5 Å². The molecule has 1 N–H and O–H groups in total. The quantitative estimate of drug-likeness (QED) is 0.452. The summed E-state index contributed by atoms with van der Waals surface area (Å²) in [6.45, 7) is 3.27. The lowest BCUT2D eigenvalue weighted by Gasteiger charge is -2.16. The zero-order chi connectivity index (χ0) is 22.7. The number of imidazole rings is 1. The Kier molecular flexibility index (Phi) is 6.32. The van der Waals surface area contributed by atoms with E-state index >= 15 is 0 Å². The lowest BCUT2D eigenvalue weighted by Crippen LogP contribution is -2.19. The van der Waals surface area contributed by atoms with Crippen LogP contribution < -0.4 is 20.5 Å². The molecule has 4 rings (SSSR count). The van der Waals surface area contributed by atoms with Gasteiger partial charge in [0.05, 0.1) is 18.1 Å². The molecule has 0 spiro atoms. The van der Waals surface area contributed by atoms with E-state index in [0.29, 0.717) is 18.1 Å². The third-order valence-corrected chi connectivity index (χ3v) is 5.87. The smallest absolute Gasteiger partial charge is 0.328 e. The standard InChI is InChI=1S/C26H29N3O3/c1-18(21-8-6-5-7-9-21)27-16-19-11-13-24(25(15-19)31-4)32-17-20-10-12-22-23(14-20)29(3)26(30)28(22)2/h5-15,18,27H,16-17H2,1-4H3/t18-/m0/s1. The first-order chi connectivity index (χ1) is 15.5. The molecule has 0 bridgehead atoms. The van der Waals surface area contributed by atoms with E-state index in [1.54, 1.807) is 30.3 Å². The zero-order valence-electron chi connectivity index (χ0n) is 19.0. The Hall–Kier alpha value is -3.51. The van der Waals surface area contributed by atoms with Gasteiger partial charge >= 0.3 is 5.69 Å². The van der Waals surface area contributed by atoms with Crippen LogP contribution >= 0.6 is 0 Å². The Morgan fingerprint density at radius 3 is 2.34 bits per heavy atom. The summed E-state index contributed by atoms with van der Waals surface area (Å²) in [6.07, 6.45) is 0. The predicted octanol–water partition coefficient (Wildman–Crippen LogP) is 4.32. The van der Waals surface area contributed by atoms with Gasteiger partial charge in [-0.1, -0.05) is 42.5 Å². The van der Waals surface area contributed by atoms with Crippen LogP contribution in [0.5, 0.6) is 11.5 Å². The number of hydrogen-bond donors (Lipinski definition) is 1. The normalized spacial score (nSPS) is 12.1. The zero-order valence-corrected chi connectivity index (χ0v) is 19.0. The van der Waals surface area contributed by atoms with Gasteiger partial charge in [0.2, 0.25) is 0 Å². The second-order valence-electron chi connectivity index (χ2n) is 8.01. The molecule has 0 aliphatic rings. The fourth-order valence-corrected chi connectivity index (χ4v) is 3.87. The van der Waals surface area contributed by atoms with Crippen molar-refractivity contribution in [3.05, 3.63) is 93.9 Å². The van der Waals surface area contributed by atoms with Crippen molar-refractivity contribution in [3.8, 4) is 11.5 Å². The molecule has 1 atom stereocenters. The van der Waals surface area contributed by atoms with Crippen LogP contribution in [0.4, 0.5) is 0 Å². The highest BCUT2D eigenvalue weighted by atomic mass is 16.5. The van der Waals surface area contributed by atoms with Crippen molar-refractivity contribution < 1.29 is 9.47 Å². The molecule has 166 valence electrons. The van der Waals surface area contributed by atoms with Crippen molar-refractivity contribution in [2.24, 2.45) is 14.1 Å². The third-order valence-electron chi connectivity index (χ3n) is 5.87. The van der Waals surface area contributed by atoms with Crippen molar-refractivity contribution in [2.45, 2.75) is 26.1 Å². The summed E-state index contributed by atoms with van der Waals surface area (Å²) in [5.41, 5.74) is 5.12. The van der Waals surface area contributed by atoms with Crippen molar-refractivity contribution in [1.29, 1.82) is 0 Å². The van der Waals surface area contributed by atoms with Gasteiger partial charge in [-0.2, -0.15) is 0 Å². The van der Waals surface area contributed by atoms with Gasteiger partial charge in [-0.25, -0.2) is 4.79 Å². The number of ether oxygens (including phenoxy) is 2. The van der Waals surface area contributed by atoms with Crippen LogP contribution in [0.25, 0.3) is 11.0 Å². The highest BCUT2D eigenvalue weighted by molar-refractivity contribution is 5.76. The van der Waals surface area contributed by atoms with Crippen LogP contribution in [0.15, 0.2) is 71.5 Å². The molecular weight excluding hydrogens is 402 g/mol. The van der Waals surface area contributed by atoms with E-state index in [1.165, 1.54) is 5.56 Å². The average molecular weight is 432 g/mol. The number of aromatic nitrogens is 2. The highest BCUT2D eigenvalue weighted by Gasteiger charge is 2.11. The first-order valence-corrected chi connectivity index (χ1v) is 10.7. The van der Waals surface area contributed by atoms with Crippen molar-refractivity contribution in [2.75, 3.05) is 7.11 Å². The molecule has 0 fully saturated rings. The number of nitrogens with zero attached hydrogens (tertiary/aromatic N) is 2. The van der Waals surface area contributed by atoms with Crippen LogP contribution in [0, 0.1) is 0 Å². The number of hydrogen-bond acceptors (Lipinski definition) is 4. The van der Waals surface area contributed by atoms with Gasteiger partial charge in [0.15, 0.2) is 11.5 Å². The molecule has 0 saturated heterocycles. The second-order valence-corrected chi connectivity index (χ2v) is 8.01. The summed E-state index contributed by atoms with van der Waals surface area (Å²) < 4.78 is 14.9. The summed E-state index contributed by atoms with van der Waals surface area (Å²) in [4.78, 5) is 12.1. The van der Waals surface area contributed by atoms with E-state index in [2.05, 4.69) is 36.5 Å². The first kappa shape index (κ1) is 21.7. The molecule has 1 heterocycles. The van der Waals surface area contributed by atoms with Gasteiger partial charge in [0.1, 0.15) is 6.61 Å². The minimum absolute atomic E-state index is 0.0366. The van der Waals surface area contributed by atoms with Crippen LogP contribution in [-0.2, 0) is 27.2 Å². The Balaban J connectivity index is 1.43. The molecule has 6 nitrogen and oxygen atoms in total. The molecule has 0 amide bonds. The molecule has 0 aliphatic carbocycles. The fourth-order valence-electron chi connectivity index (χ4n) is 3.87. The van der Waals surface area contributed by atoms with Crippen molar-refractivity contribution >= 4 is 11.0 Å². The summed E-state index contributed by atoms with van der Waals surface area (Å²) in [6, 6.07) is 22.6. The number of benzene rings is 3. The number of nitrogens with one attached hydrogen (secondary N) is 1. The van der Waals surface area contributed by atoms with Crippen LogP contribution in [0.1, 0.15) is 29.7 Å². The van der Waals surface area contributed by atoms with Gasteiger partial charge in [0.25, 0.3) is 0 Å². The Morgan fingerprint density at radius 1 is 0.875 bits per heavy atom. The topological polar surface area (TPSA) is 57.4 Å². The predicted molar refractivity (Wildman–Crippen MR) is 127 cm³/mol. The van der Waals surface area contributed by atoms with Crippen LogP contribution in [0.3, 0.4) is 0 Å². The average Bonchev–Trinajstić information content (AvgIpc) is 3.05. The fraction of sp³-hybridized carbons (Fsp3) is 0.269. The Labute approximate surface area is 188 Å². The van der Waals surface area contributed by atoms with Gasteiger partial charge in [0, 0.05) is 26.7 Å². The van der Waals surface area contributed by atoms with E-state index in [9.17, 15) is 4.79 Å². The SMILES string of the molecule is COc1cc(CN[C@@H](C)c2ccccc2)ccc1OCc1ccc2c(c1)n(C)c(=O)n2C. The van der Waals surface area contributed by atoms with Gasteiger partial charge < -0.3 is 14.8 Å². The van der Waals surface area contributed by atoms with Gasteiger partial charge in [-0.05, 0) is 47.9 Å². The minimum atomic E-state index is -0.0366. The van der Waals surface area contributed by atoms with Gasteiger partial charge in [-0.15, -0.1) is 0 Å². The number of aryl methyl sites for hydroxylation is 2. The van der Waals surface area contributed by atoms with E-state index in [1.807, 2.05) is 42.5 Å². The molecule has 0 unspecified atom stereocenters. The highest BCUT2D eigenvalue weighted by Crippen LogP contribution is 2.29. The maximum atomic E-state index is 12.1. The van der Waals surface area contributed by atoms with Crippen LogP contribution in [0.2, 0.25) is 0 Å². The molecule has 1 aromatic heterocycles. The van der Waals surface area contributed by atoms with E-state index in [-0.39, 0.29) is 11.7 Å². The minimum Gasteiger partial charge on any atom is -0.493 e. The van der Waals surface area contributed by atoms with Crippen molar-refractivity contribution in [3.63, 3.8) is 0 Å². The molecule has 0 radical (unpaired) electrons. The molecule has 32 heavy (non-hydrogen) atoms. The summed E-state index contributed by atoms with van der Waals surface area (Å²) >= 11 is 0. The first-order valence-electron chi connectivity index (χ1n) is 10.7. The van der Waals surface area contributed by atoms with Crippen LogP contribution in [-0.4, -0.2) is 16.2 Å². The number of fused-ring (bicyclic) bond motifs is 1. The molecule has 0 aliphatic heterocycles. The third kappa shape index (κ3) is 4.41. The number of methoxy groups -OCH3 is 1. The molecule has 4 aromatic rings. The Bertz CT molecular complexity index is 1270. The van der Waals surface area contributed by atoms with E-state index < -0.39 is 0 Å². The second kappa shape index (κ2) is 9.32. The summed E-state index contributed by atoms with van der Waals surface area (Å²) in [5, 5.41) is 3.55. The van der Waals surface area contributed by atoms with E-state index in [0.717, 1.165) is 28.7 Å². The molecule has 3 aromatic carbocycles. The maximum absolute atomic E-state index is 12.1. The maximum Gasteiger partial charge on any atom is 0.328 e. The molecule has 6 heteroatoms. The Morgan fingerprint density at radius 2 is 1.59 bits per heavy atom. The molecule has 0 saturated carbocycles. The lowest BCUT2D eigenvalue weighted by molar-refractivity contribution is 0.284. The van der Waals surface area contributed by atoms with E-state index in [4.69, 9.17) is 9.47 Å². The summed E-state index contributed by atoms with van der Waals surface area (Å²) in [7, 11) is 5.21. The summed E-state index contributed by atoms with van der Waals surface area (Å²) in [5.74, 6) is 1.39. The largest absolute Gasteiger partial charge is 0.493 e. The monoisotopic (exact) mass is 431 g/mol. The van der Waals surface area contributed by atoms with Gasteiger partial charge in [-0.3, -0.25) is 9.13 Å². The number of rotatable bonds is 8. The molecular formula is C26H29N3O3. The lowest BCUT2D eigenvalue weighted by atomic mass is 10.1.